The molecule has 1 aliphatic heterocycles. The minimum absolute atomic E-state index is 0.924. The first-order valence-electron chi connectivity index (χ1n) is 4.30. The van der Waals surface area contributed by atoms with Crippen molar-refractivity contribution in [1.82, 2.24) is 10.2 Å². The molecule has 1 aromatic rings. The third kappa shape index (κ3) is 1.43. The van der Waals surface area contributed by atoms with Crippen molar-refractivity contribution in [1.29, 1.82) is 0 Å². The molecule has 0 atom stereocenters. The van der Waals surface area contributed by atoms with Crippen LogP contribution in [0.5, 0.6) is 0 Å². The molecule has 2 heteroatoms. The van der Waals surface area contributed by atoms with E-state index in [1.807, 2.05) is 6.07 Å². The molecule has 0 aromatic heterocycles. The summed E-state index contributed by atoms with van der Waals surface area (Å²) in [5.41, 5.74) is 2.51. The zero-order valence-corrected chi connectivity index (χ0v) is 7.33. The zero-order valence-electron chi connectivity index (χ0n) is 7.33. The van der Waals surface area contributed by atoms with Crippen molar-refractivity contribution < 1.29 is 0 Å². The van der Waals surface area contributed by atoms with Gasteiger partial charge in [-0.3, -0.25) is 5.32 Å². The summed E-state index contributed by atoms with van der Waals surface area (Å²) in [5, 5.41) is 4.50. The molecule has 0 aliphatic carbocycles. The van der Waals surface area contributed by atoms with Crippen molar-refractivity contribution in [2.75, 3.05) is 20.1 Å². The highest BCUT2D eigenvalue weighted by Gasteiger charge is 2.09. The molecule has 0 bridgehead atoms. The summed E-state index contributed by atoms with van der Waals surface area (Å²) in [6.45, 7) is 3.02. The summed E-state index contributed by atoms with van der Waals surface area (Å²) in [4.78, 5) is 2.30. The van der Waals surface area contributed by atoms with Gasteiger partial charge in [-0.1, -0.05) is 18.2 Å². The van der Waals surface area contributed by atoms with E-state index in [1.165, 1.54) is 11.3 Å². The maximum atomic E-state index is 4.50. The van der Waals surface area contributed by atoms with E-state index < -0.39 is 0 Å². The Morgan fingerprint density at radius 3 is 3.08 bits per heavy atom. The van der Waals surface area contributed by atoms with Crippen molar-refractivity contribution in [3.63, 3.8) is 0 Å². The third-order valence-electron chi connectivity index (χ3n) is 2.20. The Balaban J connectivity index is 2.31. The van der Waals surface area contributed by atoms with E-state index in [-0.39, 0.29) is 0 Å². The Hall–Kier alpha value is -1.02. The van der Waals surface area contributed by atoms with Gasteiger partial charge in [-0.25, -0.2) is 0 Å². The van der Waals surface area contributed by atoms with Crippen LogP contribution >= 0.6 is 0 Å². The van der Waals surface area contributed by atoms with Crippen LogP contribution in [-0.4, -0.2) is 25.0 Å². The molecule has 1 aromatic carbocycles. The highest BCUT2D eigenvalue weighted by Crippen LogP contribution is 2.18. The summed E-state index contributed by atoms with van der Waals surface area (Å²) in [5.74, 6) is 0. The second-order valence-corrected chi connectivity index (χ2v) is 3.25. The monoisotopic (exact) mass is 161 g/mol. The molecule has 2 nitrogen and oxygen atoms in total. The van der Waals surface area contributed by atoms with Crippen LogP contribution in [0.15, 0.2) is 24.3 Å². The molecule has 2 rings (SSSR count). The van der Waals surface area contributed by atoms with Gasteiger partial charge >= 0.3 is 0 Å². The lowest BCUT2D eigenvalue weighted by Crippen LogP contribution is -2.20. The Morgan fingerprint density at radius 2 is 2.17 bits per heavy atom. The molecule has 1 heterocycles. The molecule has 1 aliphatic rings. The zero-order chi connectivity index (χ0) is 8.39. The second kappa shape index (κ2) is 3.15. The number of nitrogens with zero attached hydrogens (tertiary/aromatic N) is 2. The maximum absolute atomic E-state index is 4.50. The van der Waals surface area contributed by atoms with Crippen LogP contribution in [0.3, 0.4) is 0 Å². The molecule has 0 fully saturated rings. The van der Waals surface area contributed by atoms with E-state index in [0.717, 1.165) is 19.6 Å². The molecule has 63 valence electrons. The summed E-state index contributed by atoms with van der Waals surface area (Å²) in [6, 6.07) is 8.37. The van der Waals surface area contributed by atoms with E-state index >= 15 is 0 Å². The van der Waals surface area contributed by atoms with Crippen LogP contribution in [0.1, 0.15) is 5.56 Å². The number of rotatable bonds is 0. The van der Waals surface area contributed by atoms with Crippen LogP contribution in [0.4, 0.5) is 5.69 Å². The fraction of sp³-hybridized carbons (Fsp3) is 0.400. The summed E-state index contributed by atoms with van der Waals surface area (Å²) < 4.78 is 0. The van der Waals surface area contributed by atoms with E-state index in [9.17, 15) is 0 Å². The predicted octanol–water partition coefficient (Wildman–Crippen LogP) is 1.37. The number of hydrogen-bond donors (Lipinski definition) is 0. The van der Waals surface area contributed by atoms with Crippen molar-refractivity contribution in [3.05, 3.63) is 29.8 Å². The first kappa shape index (κ1) is 7.62. The van der Waals surface area contributed by atoms with Gasteiger partial charge in [0.25, 0.3) is 0 Å². The van der Waals surface area contributed by atoms with Crippen LogP contribution in [0.25, 0.3) is 0 Å². The predicted molar refractivity (Wildman–Crippen MR) is 49.4 cm³/mol. The molecule has 1 radical (unpaired) electrons. The highest BCUT2D eigenvalue weighted by molar-refractivity contribution is 5.45. The van der Waals surface area contributed by atoms with Gasteiger partial charge in [-0.05, 0) is 18.7 Å². The van der Waals surface area contributed by atoms with Gasteiger partial charge in [0.05, 0.1) is 12.2 Å². The van der Waals surface area contributed by atoms with Crippen LogP contribution < -0.4 is 5.32 Å². The molecular weight excluding hydrogens is 148 g/mol. The van der Waals surface area contributed by atoms with Crippen molar-refractivity contribution in [2.24, 2.45) is 0 Å². The Bertz CT molecular complexity index is 270. The summed E-state index contributed by atoms with van der Waals surface area (Å²) in [7, 11) is 2.14. The Morgan fingerprint density at radius 1 is 1.33 bits per heavy atom. The van der Waals surface area contributed by atoms with Gasteiger partial charge < -0.3 is 4.90 Å². The molecule has 0 unspecified atom stereocenters. The normalized spacial score (nSPS) is 17.8. The molecule has 0 spiro atoms. The lowest BCUT2D eigenvalue weighted by molar-refractivity contribution is 0.340. The van der Waals surface area contributed by atoms with Gasteiger partial charge in [0.2, 0.25) is 0 Å². The van der Waals surface area contributed by atoms with E-state index in [2.05, 4.69) is 35.5 Å². The van der Waals surface area contributed by atoms with Crippen LogP contribution in [0.2, 0.25) is 0 Å². The molecule has 0 N–H and O–H groups in total. The average Bonchev–Trinajstić information content (AvgIpc) is 2.25. The van der Waals surface area contributed by atoms with Crippen molar-refractivity contribution >= 4 is 5.69 Å². The van der Waals surface area contributed by atoms with Gasteiger partial charge in [-0.15, -0.1) is 0 Å². The SMILES string of the molecule is CN1CC[N]c2ccccc2C1. The minimum Gasteiger partial charge on any atom is -0.300 e. The Labute approximate surface area is 73.2 Å². The maximum Gasteiger partial charge on any atom is 0.0619 e. The molecule has 0 saturated carbocycles. The van der Waals surface area contributed by atoms with Crippen LogP contribution in [0, 0.1) is 0 Å². The lowest BCUT2D eigenvalue weighted by Gasteiger charge is -2.11. The fourth-order valence-corrected chi connectivity index (χ4v) is 1.51. The fourth-order valence-electron chi connectivity index (χ4n) is 1.51. The van der Waals surface area contributed by atoms with Gasteiger partial charge in [0, 0.05) is 13.1 Å². The first-order chi connectivity index (χ1) is 5.86. The van der Waals surface area contributed by atoms with Crippen molar-refractivity contribution in [2.45, 2.75) is 6.54 Å². The second-order valence-electron chi connectivity index (χ2n) is 3.25. The number of hydrogen-bond acceptors (Lipinski definition) is 1. The molecule has 0 saturated heterocycles. The van der Waals surface area contributed by atoms with Crippen molar-refractivity contribution in [3.8, 4) is 0 Å². The topological polar surface area (TPSA) is 17.3 Å². The third-order valence-corrected chi connectivity index (χ3v) is 2.20. The number of likely N-dealkylation sites (N-methyl/N-ethyl adjacent to an activating group) is 1. The quantitative estimate of drug-likeness (QED) is 0.561. The number of fused-ring (bicyclic) bond motifs is 1. The van der Waals surface area contributed by atoms with E-state index in [4.69, 9.17) is 0 Å². The Kier molecular flexibility index (Phi) is 2.00. The number of benzene rings is 1. The van der Waals surface area contributed by atoms with E-state index in [0.29, 0.717) is 0 Å². The molecule has 0 amide bonds. The first-order valence-corrected chi connectivity index (χ1v) is 4.30. The minimum atomic E-state index is 0.924. The van der Waals surface area contributed by atoms with Crippen LogP contribution in [-0.2, 0) is 6.54 Å². The van der Waals surface area contributed by atoms with E-state index in [1.54, 1.807) is 0 Å². The summed E-state index contributed by atoms with van der Waals surface area (Å²) >= 11 is 0. The van der Waals surface area contributed by atoms with Gasteiger partial charge in [0.15, 0.2) is 0 Å². The molecular formula is C10H13N2. The van der Waals surface area contributed by atoms with Gasteiger partial charge in [0.1, 0.15) is 0 Å². The standard InChI is InChI=1S/C10H13N2/c1-12-7-6-11-10-5-3-2-4-9(10)8-12/h2-5H,6-8H2,1H3. The summed E-state index contributed by atoms with van der Waals surface area (Å²) in [6.07, 6.45) is 0. The highest BCUT2D eigenvalue weighted by atomic mass is 15.1. The van der Waals surface area contributed by atoms with Gasteiger partial charge in [-0.2, -0.15) is 0 Å². The lowest BCUT2D eigenvalue weighted by atomic mass is 10.2. The smallest absolute Gasteiger partial charge is 0.0619 e. The molecule has 12 heavy (non-hydrogen) atoms. The number of para-hydroxylation sites is 1. The largest absolute Gasteiger partial charge is 0.300 e. The average molecular weight is 161 g/mol.